The van der Waals surface area contributed by atoms with Crippen LogP contribution in [0.25, 0.3) is 0 Å². The zero-order valence-electron chi connectivity index (χ0n) is 11.3. The molecule has 100 valence electrons. The van der Waals surface area contributed by atoms with E-state index in [0.717, 1.165) is 27.7 Å². The van der Waals surface area contributed by atoms with Crippen molar-refractivity contribution in [3.63, 3.8) is 0 Å². The monoisotopic (exact) mass is 359 g/mol. The van der Waals surface area contributed by atoms with Crippen molar-refractivity contribution in [1.29, 1.82) is 0 Å². The number of hydrogen-bond acceptors (Lipinski definition) is 1. The second kappa shape index (κ2) is 8.51. The summed E-state index contributed by atoms with van der Waals surface area (Å²) in [5.74, 6) is 0.0543. The highest BCUT2D eigenvalue weighted by Crippen LogP contribution is 2.14. The van der Waals surface area contributed by atoms with E-state index in [1.54, 1.807) is 0 Å². The number of benzene rings is 1. The summed E-state index contributed by atoms with van der Waals surface area (Å²) in [6.07, 6.45) is 6.11. The first-order valence-electron chi connectivity index (χ1n) is 6.69. The van der Waals surface area contributed by atoms with Crippen molar-refractivity contribution in [2.24, 2.45) is 0 Å². The molecule has 0 unspecified atom stereocenters. The number of carbonyl (C=O) groups excluding carboxylic acids is 1. The van der Waals surface area contributed by atoms with Gasteiger partial charge in [-0.2, -0.15) is 0 Å². The number of carbonyl (C=O) groups is 1. The van der Waals surface area contributed by atoms with Gasteiger partial charge < -0.3 is 5.32 Å². The Balaban J connectivity index is 2.34. The average molecular weight is 359 g/mol. The molecule has 1 amide bonds. The zero-order valence-corrected chi connectivity index (χ0v) is 13.4. The van der Waals surface area contributed by atoms with Crippen LogP contribution in [-0.4, -0.2) is 12.5 Å². The normalized spacial score (nSPS) is 10.4. The Labute approximate surface area is 124 Å². The fourth-order valence-corrected chi connectivity index (χ4v) is 2.42. The summed E-state index contributed by atoms with van der Waals surface area (Å²) < 4.78 is 1.02. The van der Waals surface area contributed by atoms with E-state index in [2.05, 4.69) is 34.8 Å². The Bertz CT molecular complexity index is 390. The summed E-state index contributed by atoms with van der Waals surface area (Å²) >= 11 is 2.21. The van der Waals surface area contributed by atoms with Gasteiger partial charge in [0.15, 0.2) is 0 Å². The van der Waals surface area contributed by atoms with Crippen molar-refractivity contribution in [1.82, 2.24) is 5.32 Å². The quantitative estimate of drug-likeness (QED) is 0.571. The number of aryl methyl sites for hydroxylation is 1. The molecule has 0 saturated carbocycles. The molecule has 0 aliphatic heterocycles. The number of halogens is 1. The van der Waals surface area contributed by atoms with Crippen molar-refractivity contribution < 1.29 is 4.79 Å². The summed E-state index contributed by atoms with van der Waals surface area (Å²) in [7, 11) is 0. The molecule has 0 bridgehead atoms. The number of hydrogen-bond donors (Lipinski definition) is 1. The third-order valence-corrected chi connectivity index (χ3v) is 3.87. The molecule has 1 rings (SSSR count). The maximum Gasteiger partial charge on any atom is 0.252 e. The standard InChI is InChI=1S/C15H22INO/c1-3-4-5-6-7-10-17-15(18)13-11-12(2)8-9-14(13)16/h8-9,11H,3-7,10H2,1-2H3,(H,17,18). The molecule has 0 atom stereocenters. The van der Waals surface area contributed by atoms with E-state index in [0.29, 0.717) is 0 Å². The van der Waals surface area contributed by atoms with Gasteiger partial charge >= 0.3 is 0 Å². The second-order valence-electron chi connectivity index (χ2n) is 4.65. The average Bonchev–Trinajstić information content (AvgIpc) is 2.36. The molecule has 1 aromatic rings. The lowest BCUT2D eigenvalue weighted by atomic mass is 10.1. The minimum absolute atomic E-state index is 0.0543. The summed E-state index contributed by atoms with van der Waals surface area (Å²) in [5, 5.41) is 3.00. The third kappa shape index (κ3) is 5.38. The van der Waals surface area contributed by atoms with E-state index in [1.165, 1.54) is 25.7 Å². The molecule has 1 aromatic carbocycles. The molecule has 0 fully saturated rings. The van der Waals surface area contributed by atoms with Crippen molar-refractivity contribution in [3.05, 3.63) is 32.9 Å². The highest BCUT2D eigenvalue weighted by molar-refractivity contribution is 14.1. The van der Waals surface area contributed by atoms with E-state index in [-0.39, 0.29) is 5.91 Å². The van der Waals surface area contributed by atoms with Crippen molar-refractivity contribution in [3.8, 4) is 0 Å². The maximum atomic E-state index is 12.0. The molecule has 0 aliphatic carbocycles. The third-order valence-electron chi connectivity index (χ3n) is 2.93. The minimum atomic E-state index is 0.0543. The van der Waals surface area contributed by atoms with Gasteiger partial charge in [-0.05, 0) is 48.1 Å². The fraction of sp³-hybridized carbons (Fsp3) is 0.533. The Morgan fingerprint density at radius 3 is 2.67 bits per heavy atom. The van der Waals surface area contributed by atoms with Gasteiger partial charge in [0.2, 0.25) is 0 Å². The summed E-state index contributed by atoms with van der Waals surface area (Å²) in [4.78, 5) is 12.0. The number of unbranched alkanes of at least 4 members (excludes halogenated alkanes) is 4. The van der Waals surface area contributed by atoms with Gasteiger partial charge in [0.05, 0.1) is 5.56 Å². The Hall–Kier alpha value is -0.580. The second-order valence-corrected chi connectivity index (χ2v) is 5.82. The molecule has 0 aromatic heterocycles. The van der Waals surface area contributed by atoms with Crippen LogP contribution in [0.3, 0.4) is 0 Å². The van der Waals surface area contributed by atoms with Gasteiger partial charge in [0, 0.05) is 10.1 Å². The molecule has 18 heavy (non-hydrogen) atoms. The van der Waals surface area contributed by atoms with Gasteiger partial charge in [-0.25, -0.2) is 0 Å². The highest BCUT2D eigenvalue weighted by atomic mass is 127. The topological polar surface area (TPSA) is 29.1 Å². The first-order valence-corrected chi connectivity index (χ1v) is 7.77. The predicted octanol–water partition coefficient (Wildman–Crippen LogP) is 4.30. The fourth-order valence-electron chi connectivity index (χ4n) is 1.84. The SMILES string of the molecule is CCCCCCCNC(=O)c1cc(C)ccc1I. The van der Waals surface area contributed by atoms with E-state index < -0.39 is 0 Å². The predicted molar refractivity (Wildman–Crippen MR) is 85.0 cm³/mol. The molecule has 0 radical (unpaired) electrons. The van der Waals surface area contributed by atoms with Gasteiger partial charge in [0.25, 0.3) is 5.91 Å². The van der Waals surface area contributed by atoms with Crippen LogP contribution < -0.4 is 5.32 Å². The molecular formula is C15H22INO. The lowest BCUT2D eigenvalue weighted by molar-refractivity contribution is 0.0952. The first kappa shape index (κ1) is 15.5. The maximum absolute atomic E-state index is 12.0. The van der Waals surface area contributed by atoms with Crippen LogP contribution in [0.1, 0.15) is 54.9 Å². The van der Waals surface area contributed by atoms with E-state index in [4.69, 9.17) is 0 Å². The zero-order chi connectivity index (χ0) is 13.4. The Kier molecular flexibility index (Phi) is 7.32. The van der Waals surface area contributed by atoms with Crippen LogP contribution in [0.4, 0.5) is 0 Å². The van der Waals surface area contributed by atoms with E-state index >= 15 is 0 Å². The summed E-state index contributed by atoms with van der Waals surface area (Å²) in [6, 6.07) is 5.98. The van der Waals surface area contributed by atoms with Crippen molar-refractivity contribution >= 4 is 28.5 Å². The lowest BCUT2D eigenvalue weighted by Gasteiger charge is -2.07. The van der Waals surface area contributed by atoms with Crippen LogP contribution in [0.15, 0.2) is 18.2 Å². The Morgan fingerprint density at radius 2 is 1.94 bits per heavy atom. The molecular weight excluding hydrogens is 337 g/mol. The number of nitrogens with one attached hydrogen (secondary N) is 1. The number of amides is 1. The van der Waals surface area contributed by atoms with Crippen molar-refractivity contribution in [2.45, 2.75) is 46.0 Å². The highest BCUT2D eigenvalue weighted by Gasteiger charge is 2.08. The minimum Gasteiger partial charge on any atom is -0.352 e. The molecule has 0 saturated heterocycles. The van der Waals surface area contributed by atoms with Crippen LogP contribution in [-0.2, 0) is 0 Å². The van der Waals surface area contributed by atoms with Gasteiger partial charge in [0.1, 0.15) is 0 Å². The van der Waals surface area contributed by atoms with Crippen molar-refractivity contribution in [2.75, 3.05) is 6.54 Å². The van der Waals surface area contributed by atoms with Crippen LogP contribution in [0, 0.1) is 10.5 Å². The van der Waals surface area contributed by atoms with Gasteiger partial charge in [-0.3, -0.25) is 4.79 Å². The Morgan fingerprint density at radius 1 is 1.22 bits per heavy atom. The number of rotatable bonds is 7. The molecule has 3 heteroatoms. The van der Waals surface area contributed by atoms with E-state index in [1.807, 2.05) is 25.1 Å². The molecule has 0 aliphatic rings. The molecule has 0 spiro atoms. The molecule has 0 heterocycles. The summed E-state index contributed by atoms with van der Waals surface area (Å²) in [5.41, 5.74) is 1.92. The molecule has 1 N–H and O–H groups in total. The van der Waals surface area contributed by atoms with Crippen LogP contribution >= 0.6 is 22.6 Å². The smallest absolute Gasteiger partial charge is 0.252 e. The van der Waals surface area contributed by atoms with Crippen LogP contribution in [0.2, 0.25) is 0 Å². The first-order chi connectivity index (χ1) is 8.65. The largest absolute Gasteiger partial charge is 0.352 e. The lowest BCUT2D eigenvalue weighted by Crippen LogP contribution is -2.25. The molecule has 2 nitrogen and oxygen atoms in total. The van der Waals surface area contributed by atoms with Gasteiger partial charge in [-0.1, -0.05) is 44.2 Å². The van der Waals surface area contributed by atoms with E-state index in [9.17, 15) is 4.79 Å². The van der Waals surface area contributed by atoms with Gasteiger partial charge in [-0.15, -0.1) is 0 Å². The summed E-state index contributed by atoms with van der Waals surface area (Å²) in [6.45, 7) is 5.01. The van der Waals surface area contributed by atoms with Crippen LogP contribution in [0.5, 0.6) is 0 Å².